The summed E-state index contributed by atoms with van der Waals surface area (Å²) < 4.78 is 13.0. The van der Waals surface area contributed by atoms with Crippen LogP contribution in [0.2, 0.25) is 0 Å². The molecule has 5 nitrogen and oxygen atoms in total. The van der Waals surface area contributed by atoms with Crippen molar-refractivity contribution >= 4 is 55.3 Å². The minimum Gasteiger partial charge on any atom is -0.324 e. The minimum absolute atomic E-state index is 0.114. The number of nitrogens with zero attached hydrogens (tertiary/aromatic N) is 1. The van der Waals surface area contributed by atoms with Gasteiger partial charge in [-0.25, -0.2) is 4.39 Å². The predicted molar refractivity (Wildman–Crippen MR) is 100 cm³/mol. The number of anilines is 1. The molecule has 1 heterocycles. The first-order valence-electron chi connectivity index (χ1n) is 8.52. The molecule has 138 valence electrons. The third-order valence-electron chi connectivity index (χ3n) is 5.90. The van der Waals surface area contributed by atoms with E-state index in [1.54, 1.807) is 6.92 Å². The van der Waals surface area contributed by atoms with E-state index in [0.29, 0.717) is 5.69 Å². The molecule has 2 saturated carbocycles. The molecule has 3 fully saturated rings. The Morgan fingerprint density at radius 3 is 2.12 bits per heavy atom. The molecule has 1 N–H and O–H groups in total. The Kier molecular flexibility index (Phi) is 4.46. The topological polar surface area (TPSA) is 66.5 Å². The second kappa shape index (κ2) is 6.41. The monoisotopic (exact) mass is 486 g/mol. The Labute approximate surface area is 166 Å². The van der Waals surface area contributed by atoms with E-state index in [-0.39, 0.29) is 45.1 Å². The number of imide groups is 1. The average Bonchev–Trinajstić information content (AvgIpc) is 3.21. The van der Waals surface area contributed by atoms with Gasteiger partial charge in [0, 0.05) is 15.3 Å². The van der Waals surface area contributed by atoms with Crippen LogP contribution in [0.5, 0.6) is 0 Å². The van der Waals surface area contributed by atoms with Crippen LogP contribution in [0.15, 0.2) is 24.3 Å². The number of hydrogen-bond donors (Lipinski definition) is 1. The molecule has 1 saturated heterocycles. The zero-order valence-corrected chi connectivity index (χ0v) is 17.0. The van der Waals surface area contributed by atoms with E-state index >= 15 is 0 Å². The highest BCUT2D eigenvalue weighted by Crippen LogP contribution is 2.60. The summed E-state index contributed by atoms with van der Waals surface area (Å²) in [5, 5.41) is 2.64. The molecule has 7 atom stereocenters. The number of carbonyl (C=O) groups is 3. The summed E-state index contributed by atoms with van der Waals surface area (Å²) >= 11 is 7.28. The number of fused-ring (bicyclic) bond motifs is 5. The lowest BCUT2D eigenvalue weighted by Gasteiger charge is -2.28. The predicted octanol–water partition coefficient (Wildman–Crippen LogP) is 2.93. The summed E-state index contributed by atoms with van der Waals surface area (Å²) in [7, 11) is 0. The van der Waals surface area contributed by atoms with Gasteiger partial charge >= 0.3 is 0 Å². The van der Waals surface area contributed by atoms with E-state index < -0.39 is 17.8 Å². The van der Waals surface area contributed by atoms with Crippen LogP contribution in [0.3, 0.4) is 0 Å². The van der Waals surface area contributed by atoms with Gasteiger partial charge in [-0.2, -0.15) is 0 Å². The molecule has 0 radical (unpaired) electrons. The number of alkyl halides is 2. The molecular formula is C18H17Br2FN2O3. The molecule has 0 spiro atoms. The maximum Gasteiger partial charge on any atom is 0.247 e. The Morgan fingerprint density at radius 1 is 1.12 bits per heavy atom. The van der Waals surface area contributed by atoms with Crippen molar-refractivity contribution in [3.63, 3.8) is 0 Å². The maximum atomic E-state index is 13.0. The van der Waals surface area contributed by atoms with Gasteiger partial charge in [-0.15, -0.1) is 0 Å². The van der Waals surface area contributed by atoms with E-state index in [1.807, 2.05) is 0 Å². The molecular weight excluding hydrogens is 471 g/mol. The quantitative estimate of drug-likeness (QED) is 0.526. The van der Waals surface area contributed by atoms with Gasteiger partial charge in [0.05, 0.1) is 11.8 Å². The van der Waals surface area contributed by atoms with E-state index in [4.69, 9.17) is 0 Å². The summed E-state index contributed by atoms with van der Waals surface area (Å²) in [4.78, 5) is 39.8. The standard InChI is InChI=1S/C18H17Br2FN2O3/c1-7(16(24)22-9-4-2-8(21)3-5-9)23-17(25)12-10-6-11(13(12)18(23)26)15(20)14(10)19/h2-5,7,10-15H,6H2,1H3,(H,22,24)/t7-,10-,11-,12-,13+,14+,15+/m1/s1. The molecule has 1 aliphatic heterocycles. The normalized spacial score (nSPS) is 36.4. The SMILES string of the molecule is C[C@H](C(=O)Nc1ccc(F)cc1)N1C(=O)[C@@H]2[C@H]3C[C@@H]([C@H](Br)[C@H]3Br)[C@@H]2C1=O. The van der Waals surface area contributed by atoms with Crippen molar-refractivity contribution in [2.75, 3.05) is 5.32 Å². The van der Waals surface area contributed by atoms with Gasteiger partial charge in [0.15, 0.2) is 0 Å². The lowest BCUT2D eigenvalue weighted by molar-refractivity contribution is -0.146. The first-order valence-corrected chi connectivity index (χ1v) is 10.4. The van der Waals surface area contributed by atoms with Crippen LogP contribution in [-0.2, 0) is 14.4 Å². The van der Waals surface area contributed by atoms with Crippen molar-refractivity contribution in [1.82, 2.24) is 4.90 Å². The van der Waals surface area contributed by atoms with Crippen molar-refractivity contribution in [2.24, 2.45) is 23.7 Å². The summed E-state index contributed by atoms with van der Waals surface area (Å²) in [6.45, 7) is 1.55. The van der Waals surface area contributed by atoms with Gasteiger partial charge in [-0.1, -0.05) is 31.9 Å². The van der Waals surface area contributed by atoms with Gasteiger partial charge in [0.2, 0.25) is 17.7 Å². The summed E-state index contributed by atoms with van der Waals surface area (Å²) in [5.74, 6) is -1.82. The molecule has 1 aromatic rings. The van der Waals surface area contributed by atoms with Crippen molar-refractivity contribution in [1.29, 1.82) is 0 Å². The second-order valence-electron chi connectivity index (χ2n) is 7.22. The van der Waals surface area contributed by atoms with Gasteiger partial charge in [0.25, 0.3) is 0 Å². The molecule has 8 heteroatoms. The minimum atomic E-state index is -0.910. The van der Waals surface area contributed by atoms with E-state index in [9.17, 15) is 18.8 Å². The molecule has 0 aromatic heterocycles. The maximum absolute atomic E-state index is 13.0. The average molecular weight is 488 g/mol. The Bertz CT molecular complexity index is 755. The highest BCUT2D eigenvalue weighted by Gasteiger charge is 2.67. The van der Waals surface area contributed by atoms with Gasteiger partial charge < -0.3 is 5.32 Å². The number of likely N-dealkylation sites (tertiary alicyclic amines) is 1. The lowest BCUT2D eigenvalue weighted by Crippen LogP contribution is -2.46. The van der Waals surface area contributed by atoms with E-state index in [2.05, 4.69) is 37.2 Å². The Morgan fingerprint density at radius 2 is 1.62 bits per heavy atom. The van der Waals surface area contributed by atoms with Crippen LogP contribution in [0.1, 0.15) is 13.3 Å². The summed E-state index contributed by atoms with van der Waals surface area (Å²) in [6, 6.07) is 4.44. The smallest absolute Gasteiger partial charge is 0.247 e. The third kappa shape index (κ3) is 2.56. The number of benzene rings is 1. The van der Waals surface area contributed by atoms with Crippen molar-refractivity contribution in [3.8, 4) is 0 Å². The van der Waals surface area contributed by atoms with Crippen molar-refractivity contribution in [2.45, 2.75) is 29.0 Å². The van der Waals surface area contributed by atoms with Gasteiger partial charge in [0.1, 0.15) is 11.9 Å². The number of hydrogen-bond acceptors (Lipinski definition) is 3. The van der Waals surface area contributed by atoms with Crippen LogP contribution in [0, 0.1) is 29.5 Å². The first kappa shape index (κ1) is 18.1. The fraction of sp³-hybridized carbons (Fsp3) is 0.500. The van der Waals surface area contributed by atoms with E-state index in [1.165, 1.54) is 24.3 Å². The van der Waals surface area contributed by atoms with Gasteiger partial charge in [-0.05, 0) is 49.4 Å². The summed E-state index contributed by atoms with van der Waals surface area (Å²) in [6.07, 6.45) is 0.850. The number of nitrogens with one attached hydrogen (secondary N) is 1. The number of carbonyl (C=O) groups excluding carboxylic acids is 3. The van der Waals surface area contributed by atoms with Crippen LogP contribution < -0.4 is 5.32 Å². The highest BCUT2D eigenvalue weighted by molar-refractivity contribution is 9.12. The zero-order chi connectivity index (χ0) is 18.7. The molecule has 2 aliphatic carbocycles. The Hall–Kier alpha value is -1.28. The van der Waals surface area contributed by atoms with Crippen LogP contribution >= 0.6 is 31.9 Å². The second-order valence-corrected chi connectivity index (χ2v) is 9.34. The van der Waals surface area contributed by atoms with Crippen molar-refractivity contribution in [3.05, 3.63) is 30.1 Å². The van der Waals surface area contributed by atoms with Gasteiger partial charge in [-0.3, -0.25) is 19.3 Å². The molecule has 3 amide bonds. The van der Waals surface area contributed by atoms with Crippen molar-refractivity contribution < 1.29 is 18.8 Å². The number of rotatable bonds is 3. The van der Waals surface area contributed by atoms with Crippen LogP contribution in [0.25, 0.3) is 0 Å². The molecule has 4 rings (SSSR count). The largest absolute Gasteiger partial charge is 0.324 e. The molecule has 1 aromatic carbocycles. The molecule has 2 bridgehead atoms. The van der Waals surface area contributed by atoms with E-state index in [0.717, 1.165) is 11.3 Å². The summed E-state index contributed by atoms with van der Waals surface area (Å²) in [5.41, 5.74) is 0.420. The third-order valence-corrected chi connectivity index (χ3v) is 9.11. The number of amides is 3. The zero-order valence-electron chi connectivity index (χ0n) is 13.9. The van der Waals surface area contributed by atoms with Crippen LogP contribution in [-0.4, -0.2) is 38.3 Å². The number of halogens is 3. The van der Waals surface area contributed by atoms with Crippen LogP contribution in [0.4, 0.5) is 10.1 Å². The molecule has 26 heavy (non-hydrogen) atoms. The highest BCUT2D eigenvalue weighted by atomic mass is 79.9. The molecule has 0 unspecified atom stereocenters. The fourth-order valence-electron chi connectivity index (χ4n) is 4.65. The Balaban J connectivity index is 1.53. The fourth-order valence-corrected chi connectivity index (χ4v) is 6.52. The molecule has 3 aliphatic rings. The lowest BCUT2D eigenvalue weighted by atomic mass is 9.81. The first-order chi connectivity index (χ1) is 12.3.